The van der Waals surface area contributed by atoms with Crippen LogP contribution in [0.5, 0.6) is 5.75 Å². The zero-order valence-electron chi connectivity index (χ0n) is 13.0. The van der Waals surface area contributed by atoms with Gasteiger partial charge in [0.1, 0.15) is 12.4 Å². The lowest BCUT2D eigenvalue weighted by molar-refractivity contribution is 0.103. The number of rotatable bonds is 7. The van der Waals surface area contributed by atoms with Crippen LogP contribution in [0.25, 0.3) is 0 Å². The molecule has 0 amide bonds. The second-order valence-corrected chi connectivity index (χ2v) is 5.26. The van der Waals surface area contributed by atoms with Gasteiger partial charge in [-0.25, -0.2) is 0 Å². The fourth-order valence-electron chi connectivity index (χ4n) is 1.96. The minimum atomic E-state index is 0.0260. The molecular formula is C19H21NO2. The van der Waals surface area contributed by atoms with E-state index in [0.29, 0.717) is 17.7 Å². The number of ether oxygens (including phenoxy) is 1. The summed E-state index contributed by atoms with van der Waals surface area (Å²) in [4.78, 5) is 14.3. The van der Waals surface area contributed by atoms with Crippen LogP contribution in [-0.2, 0) is 0 Å². The third-order valence-electron chi connectivity index (χ3n) is 3.14. The van der Waals surface area contributed by atoms with E-state index in [1.807, 2.05) is 62.6 Å². The molecule has 0 heterocycles. The first-order valence-corrected chi connectivity index (χ1v) is 7.29. The van der Waals surface area contributed by atoms with Gasteiger partial charge in [0.25, 0.3) is 0 Å². The topological polar surface area (TPSA) is 29.5 Å². The van der Waals surface area contributed by atoms with Gasteiger partial charge in [-0.3, -0.25) is 4.79 Å². The summed E-state index contributed by atoms with van der Waals surface area (Å²) in [5, 5.41) is 0. The van der Waals surface area contributed by atoms with Gasteiger partial charge in [0.15, 0.2) is 5.78 Å². The van der Waals surface area contributed by atoms with Gasteiger partial charge < -0.3 is 9.64 Å². The molecule has 114 valence electrons. The predicted octanol–water partition coefficient (Wildman–Crippen LogP) is 3.41. The van der Waals surface area contributed by atoms with Crippen molar-refractivity contribution in [1.29, 1.82) is 0 Å². The molecular weight excluding hydrogens is 274 g/mol. The summed E-state index contributed by atoms with van der Waals surface area (Å²) in [6.07, 6.45) is 4.05. The number of carbonyl (C=O) groups excluding carboxylic acids is 1. The van der Waals surface area contributed by atoms with Crippen LogP contribution in [0.3, 0.4) is 0 Å². The van der Waals surface area contributed by atoms with Gasteiger partial charge in [0.05, 0.1) is 0 Å². The van der Waals surface area contributed by atoms with Crippen molar-refractivity contribution in [2.75, 3.05) is 27.2 Å². The van der Waals surface area contributed by atoms with E-state index >= 15 is 0 Å². The SMILES string of the molecule is CN(C)C/C=C/COc1ccc(C(=O)c2ccccc2)cc1. The lowest BCUT2D eigenvalue weighted by atomic mass is 10.0. The van der Waals surface area contributed by atoms with Crippen molar-refractivity contribution in [3.05, 3.63) is 77.9 Å². The maximum Gasteiger partial charge on any atom is 0.193 e. The highest BCUT2D eigenvalue weighted by Gasteiger charge is 2.07. The summed E-state index contributed by atoms with van der Waals surface area (Å²) in [5.41, 5.74) is 1.37. The molecule has 0 N–H and O–H groups in total. The molecule has 3 heteroatoms. The van der Waals surface area contributed by atoms with Crippen LogP contribution in [0.2, 0.25) is 0 Å². The maximum absolute atomic E-state index is 12.3. The molecule has 0 spiro atoms. The van der Waals surface area contributed by atoms with E-state index in [2.05, 4.69) is 11.0 Å². The number of ketones is 1. The maximum atomic E-state index is 12.3. The lowest BCUT2D eigenvalue weighted by Gasteiger charge is -2.06. The normalized spacial score (nSPS) is 11.0. The Balaban J connectivity index is 1.90. The number of carbonyl (C=O) groups is 1. The van der Waals surface area contributed by atoms with Crippen LogP contribution in [0, 0.1) is 0 Å². The molecule has 0 aliphatic carbocycles. The Morgan fingerprint density at radius 1 is 0.955 bits per heavy atom. The largest absolute Gasteiger partial charge is 0.490 e. The van der Waals surface area contributed by atoms with Gasteiger partial charge >= 0.3 is 0 Å². The van der Waals surface area contributed by atoms with Gasteiger partial charge in [-0.05, 0) is 38.4 Å². The molecule has 0 bridgehead atoms. The number of benzene rings is 2. The fourth-order valence-corrected chi connectivity index (χ4v) is 1.96. The summed E-state index contributed by atoms with van der Waals surface area (Å²) in [6, 6.07) is 16.5. The van der Waals surface area contributed by atoms with E-state index in [1.54, 1.807) is 12.1 Å². The molecule has 0 aliphatic heterocycles. The number of hydrogen-bond acceptors (Lipinski definition) is 3. The molecule has 0 atom stereocenters. The van der Waals surface area contributed by atoms with Gasteiger partial charge in [-0.2, -0.15) is 0 Å². The average Bonchev–Trinajstić information content (AvgIpc) is 2.55. The standard InChI is InChI=1S/C19H21NO2/c1-20(2)14-6-7-15-22-18-12-10-17(11-13-18)19(21)16-8-4-3-5-9-16/h3-13H,14-15H2,1-2H3/b7-6+. The highest BCUT2D eigenvalue weighted by atomic mass is 16.5. The summed E-state index contributed by atoms with van der Waals surface area (Å²) >= 11 is 0. The Morgan fingerprint density at radius 2 is 1.59 bits per heavy atom. The van der Waals surface area contributed by atoms with Crippen LogP contribution in [0.15, 0.2) is 66.7 Å². The monoisotopic (exact) mass is 295 g/mol. The van der Waals surface area contributed by atoms with Crippen molar-refractivity contribution in [3.63, 3.8) is 0 Å². The molecule has 3 nitrogen and oxygen atoms in total. The molecule has 0 aliphatic rings. The molecule has 2 aromatic rings. The van der Waals surface area contributed by atoms with Crippen LogP contribution >= 0.6 is 0 Å². The number of nitrogens with zero attached hydrogens (tertiary/aromatic N) is 1. The molecule has 0 aromatic heterocycles. The van der Waals surface area contributed by atoms with E-state index in [9.17, 15) is 4.79 Å². The molecule has 2 rings (SSSR count). The van der Waals surface area contributed by atoms with E-state index in [-0.39, 0.29) is 5.78 Å². The molecule has 0 unspecified atom stereocenters. The van der Waals surface area contributed by atoms with Gasteiger partial charge in [0, 0.05) is 17.7 Å². The lowest BCUT2D eigenvalue weighted by Crippen LogP contribution is -2.10. The Bertz CT molecular complexity index is 616. The summed E-state index contributed by atoms with van der Waals surface area (Å²) in [6.45, 7) is 1.42. The van der Waals surface area contributed by atoms with Gasteiger partial charge in [-0.15, -0.1) is 0 Å². The van der Waals surface area contributed by atoms with E-state index in [1.165, 1.54) is 0 Å². The second-order valence-electron chi connectivity index (χ2n) is 5.26. The number of likely N-dealkylation sites (N-methyl/N-ethyl adjacent to an activating group) is 1. The molecule has 0 radical (unpaired) electrons. The Kier molecular flexibility index (Phi) is 5.92. The molecule has 22 heavy (non-hydrogen) atoms. The van der Waals surface area contributed by atoms with Crippen molar-refractivity contribution in [2.45, 2.75) is 0 Å². The Labute approximate surface area is 131 Å². The third kappa shape index (κ3) is 4.86. The van der Waals surface area contributed by atoms with Crippen molar-refractivity contribution in [2.24, 2.45) is 0 Å². The first-order chi connectivity index (χ1) is 10.7. The van der Waals surface area contributed by atoms with Crippen LogP contribution in [0.1, 0.15) is 15.9 Å². The molecule has 0 saturated carbocycles. The quantitative estimate of drug-likeness (QED) is 0.579. The average molecular weight is 295 g/mol. The minimum absolute atomic E-state index is 0.0260. The highest BCUT2D eigenvalue weighted by Crippen LogP contribution is 2.15. The summed E-state index contributed by atoms with van der Waals surface area (Å²) in [5.74, 6) is 0.789. The first-order valence-electron chi connectivity index (χ1n) is 7.29. The van der Waals surface area contributed by atoms with Gasteiger partial charge in [0.2, 0.25) is 0 Å². The molecule has 2 aromatic carbocycles. The van der Waals surface area contributed by atoms with E-state index < -0.39 is 0 Å². The van der Waals surface area contributed by atoms with Crippen LogP contribution in [0.4, 0.5) is 0 Å². The van der Waals surface area contributed by atoms with E-state index in [0.717, 1.165) is 12.3 Å². The van der Waals surface area contributed by atoms with Gasteiger partial charge in [-0.1, -0.05) is 42.5 Å². The predicted molar refractivity (Wildman–Crippen MR) is 89.5 cm³/mol. The molecule has 0 saturated heterocycles. The Hall–Kier alpha value is -2.39. The van der Waals surface area contributed by atoms with Crippen molar-refractivity contribution < 1.29 is 9.53 Å². The summed E-state index contributed by atoms with van der Waals surface area (Å²) < 4.78 is 5.61. The van der Waals surface area contributed by atoms with Crippen LogP contribution < -0.4 is 4.74 Å². The zero-order valence-corrected chi connectivity index (χ0v) is 13.0. The fraction of sp³-hybridized carbons (Fsp3) is 0.211. The highest BCUT2D eigenvalue weighted by molar-refractivity contribution is 6.08. The molecule has 0 fully saturated rings. The second kappa shape index (κ2) is 8.15. The number of hydrogen-bond donors (Lipinski definition) is 0. The zero-order chi connectivity index (χ0) is 15.8. The van der Waals surface area contributed by atoms with Crippen molar-refractivity contribution >= 4 is 5.78 Å². The summed E-state index contributed by atoms with van der Waals surface area (Å²) in [7, 11) is 4.04. The first kappa shape index (κ1) is 16.0. The smallest absolute Gasteiger partial charge is 0.193 e. The van der Waals surface area contributed by atoms with E-state index in [4.69, 9.17) is 4.74 Å². The van der Waals surface area contributed by atoms with Crippen LogP contribution in [-0.4, -0.2) is 37.9 Å². The Morgan fingerprint density at radius 3 is 2.23 bits per heavy atom. The van der Waals surface area contributed by atoms with Crippen molar-refractivity contribution in [1.82, 2.24) is 4.90 Å². The third-order valence-corrected chi connectivity index (χ3v) is 3.14. The van der Waals surface area contributed by atoms with Crippen molar-refractivity contribution in [3.8, 4) is 5.75 Å². The minimum Gasteiger partial charge on any atom is -0.490 e.